The molecule has 0 aromatic carbocycles. The minimum atomic E-state index is -1.47. The number of rotatable bonds is 3. The number of carbonyl (C=O) groups excluding carboxylic acids is 1. The van der Waals surface area contributed by atoms with E-state index in [-0.39, 0.29) is 35.4 Å². The SMILES string of the molecule is CC1=C2[C@H]3OC(=O)[C@@H](C)[C@@H]3CC[C@@]2(C)CC[C@@H]1O[C@@H]1O[C@H](CO)[C@@H](O)[C@H](O)[C@H]1O. The van der Waals surface area contributed by atoms with Gasteiger partial charge in [-0.2, -0.15) is 0 Å². The predicted molar refractivity (Wildman–Crippen MR) is 100 cm³/mol. The molecule has 4 aliphatic rings. The van der Waals surface area contributed by atoms with Crippen LogP contribution in [0.1, 0.15) is 46.5 Å². The quantitative estimate of drug-likeness (QED) is 0.384. The fourth-order valence-electron chi connectivity index (χ4n) is 5.71. The van der Waals surface area contributed by atoms with E-state index >= 15 is 0 Å². The molecule has 0 aromatic heterocycles. The number of aliphatic hydroxyl groups is 4. The van der Waals surface area contributed by atoms with Gasteiger partial charge in [-0.15, -0.1) is 0 Å². The lowest BCUT2D eigenvalue weighted by Gasteiger charge is -2.49. The van der Waals surface area contributed by atoms with Crippen LogP contribution in [0.4, 0.5) is 0 Å². The summed E-state index contributed by atoms with van der Waals surface area (Å²) >= 11 is 0. The standard InChI is InChI=1S/C21H32O8/c1-9-11-4-6-21(3)7-5-12(10(2)14(21)18(11)29-19(9)26)27-20-17(25)16(24)15(23)13(8-22)28-20/h9,11-13,15-18,20,22-25H,4-8H2,1-3H3/t9-,11-,12-,13+,15+,16-,17+,18-,20+,21-/m0/s1. The van der Waals surface area contributed by atoms with Crippen molar-refractivity contribution < 1.29 is 39.4 Å². The van der Waals surface area contributed by atoms with E-state index in [4.69, 9.17) is 14.2 Å². The maximum atomic E-state index is 12.2. The van der Waals surface area contributed by atoms with Gasteiger partial charge in [-0.3, -0.25) is 4.79 Å². The lowest BCUT2D eigenvalue weighted by molar-refractivity contribution is -0.309. The van der Waals surface area contributed by atoms with E-state index in [0.717, 1.165) is 30.4 Å². The topological polar surface area (TPSA) is 126 Å². The molecule has 8 heteroatoms. The lowest BCUT2D eigenvalue weighted by atomic mass is 9.59. The second-order valence-electron chi connectivity index (χ2n) is 9.37. The lowest BCUT2D eigenvalue weighted by Crippen LogP contribution is -2.60. The Bertz CT molecular complexity index is 690. The molecular weight excluding hydrogens is 380 g/mol. The predicted octanol–water partition coefficient (Wildman–Crippen LogP) is 0.260. The number of aliphatic hydroxyl groups excluding tert-OH is 4. The van der Waals surface area contributed by atoms with Crippen molar-refractivity contribution in [3.63, 3.8) is 0 Å². The van der Waals surface area contributed by atoms with Crippen LogP contribution in [0.25, 0.3) is 0 Å². The van der Waals surface area contributed by atoms with Crippen LogP contribution in [0.5, 0.6) is 0 Å². The Morgan fingerprint density at radius 2 is 1.83 bits per heavy atom. The van der Waals surface area contributed by atoms with E-state index in [1.807, 2.05) is 13.8 Å². The number of fused-ring (bicyclic) bond motifs is 3. The van der Waals surface area contributed by atoms with Gasteiger partial charge in [0.25, 0.3) is 0 Å². The van der Waals surface area contributed by atoms with Crippen molar-refractivity contribution in [2.75, 3.05) is 6.61 Å². The third kappa shape index (κ3) is 3.34. The van der Waals surface area contributed by atoms with E-state index < -0.39 is 37.3 Å². The van der Waals surface area contributed by atoms with Gasteiger partial charge >= 0.3 is 5.97 Å². The Labute approximate surface area is 170 Å². The number of esters is 1. The summed E-state index contributed by atoms with van der Waals surface area (Å²) in [5.74, 6) is -0.0929. The molecule has 10 atom stereocenters. The van der Waals surface area contributed by atoms with E-state index in [9.17, 15) is 25.2 Å². The monoisotopic (exact) mass is 412 g/mol. The van der Waals surface area contributed by atoms with Crippen LogP contribution in [-0.4, -0.2) is 75.9 Å². The highest BCUT2D eigenvalue weighted by molar-refractivity contribution is 5.75. The fourth-order valence-corrected chi connectivity index (χ4v) is 5.71. The summed E-state index contributed by atoms with van der Waals surface area (Å²) in [6, 6.07) is 0. The first-order valence-electron chi connectivity index (χ1n) is 10.6. The van der Waals surface area contributed by atoms with Crippen LogP contribution in [0, 0.1) is 17.3 Å². The largest absolute Gasteiger partial charge is 0.457 e. The van der Waals surface area contributed by atoms with Crippen LogP contribution in [0.2, 0.25) is 0 Å². The molecule has 2 heterocycles. The molecule has 0 aromatic rings. The van der Waals surface area contributed by atoms with E-state index in [1.165, 1.54) is 0 Å². The van der Waals surface area contributed by atoms with Gasteiger partial charge in [-0.1, -0.05) is 13.8 Å². The zero-order valence-corrected chi connectivity index (χ0v) is 17.2. The first kappa shape index (κ1) is 21.2. The Morgan fingerprint density at radius 3 is 2.52 bits per heavy atom. The minimum absolute atomic E-state index is 0.0508. The van der Waals surface area contributed by atoms with Gasteiger partial charge in [0.05, 0.1) is 18.6 Å². The average molecular weight is 412 g/mol. The third-order valence-corrected chi connectivity index (χ3v) is 7.62. The molecule has 0 radical (unpaired) electrons. The summed E-state index contributed by atoms with van der Waals surface area (Å²) in [5.41, 5.74) is 2.05. The van der Waals surface area contributed by atoms with Gasteiger partial charge in [0, 0.05) is 5.92 Å². The first-order chi connectivity index (χ1) is 13.7. The molecule has 2 aliphatic heterocycles. The number of hydrogen-bond donors (Lipinski definition) is 4. The third-order valence-electron chi connectivity index (χ3n) is 7.62. The molecule has 4 rings (SSSR count). The molecule has 0 unspecified atom stereocenters. The molecule has 3 fully saturated rings. The maximum absolute atomic E-state index is 12.2. The van der Waals surface area contributed by atoms with Crippen LogP contribution in [-0.2, 0) is 19.0 Å². The molecular formula is C21H32O8. The molecule has 4 N–H and O–H groups in total. The molecule has 2 saturated heterocycles. The molecule has 2 aliphatic carbocycles. The van der Waals surface area contributed by atoms with E-state index in [2.05, 4.69) is 6.92 Å². The average Bonchev–Trinajstić information content (AvgIpc) is 2.97. The van der Waals surface area contributed by atoms with Gasteiger partial charge in [-0.25, -0.2) is 0 Å². The molecule has 0 amide bonds. The van der Waals surface area contributed by atoms with Crippen molar-refractivity contribution in [3.05, 3.63) is 11.1 Å². The Balaban J connectivity index is 1.59. The second kappa shape index (κ2) is 7.59. The number of hydrogen-bond acceptors (Lipinski definition) is 8. The summed E-state index contributed by atoms with van der Waals surface area (Å²) in [7, 11) is 0. The molecule has 8 nitrogen and oxygen atoms in total. The molecule has 29 heavy (non-hydrogen) atoms. The number of ether oxygens (including phenoxy) is 3. The van der Waals surface area contributed by atoms with Crippen LogP contribution in [0.15, 0.2) is 11.1 Å². The summed E-state index contributed by atoms with van der Waals surface area (Å²) in [5, 5.41) is 39.7. The van der Waals surface area contributed by atoms with Crippen molar-refractivity contribution in [1.29, 1.82) is 0 Å². The summed E-state index contributed by atoms with van der Waals surface area (Å²) < 4.78 is 17.3. The van der Waals surface area contributed by atoms with Crippen molar-refractivity contribution in [3.8, 4) is 0 Å². The first-order valence-corrected chi connectivity index (χ1v) is 10.6. The van der Waals surface area contributed by atoms with Gasteiger partial charge in [0.15, 0.2) is 6.29 Å². The zero-order valence-electron chi connectivity index (χ0n) is 17.2. The van der Waals surface area contributed by atoms with E-state index in [0.29, 0.717) is 6.42 Å². The molecule has 164 valence electrons. The molecule has 1 saturated carbocycles. The zero-order chi connectivity index (χ0) is 21.1. The summed E-state index contributed by atoms with van der Waals surface area (Å²) in [6.07, 6.45) is -3.56. The Morgan fingerprint density at radius 1 is 1.14 bits per heavy atom. The smallest absolute Gasteiger partial charge is 0.309 e. The molecule has 0 spiro atoms. The van der Waals surface area contributed by atoms with Crippen LogP contribution >= 0.6 is 0 Å². The molecule has 0 bridgehead atoms. The Kier molecular flexibility index (Phi) is 5.55. The van der Waals surface area contributed by atoms with Crippen LogP contribution < -0.4 is 0 Å². The van der Waals surface area contributed by atoms with Crippen molar-refractivity contribution in [2.45, 2.75) is 89.4 Å². The van der Waals surface area contributed by atoms with Crippen molar-refractivity contribution in [1.82, 2.24) is 0 Å². The Hall–Kier alpha value is -1.03. The van der Waals surface area contributed by atoms with E-state index in [1.54, 1.807) is 0 Å². The highest BCUT2D eigenvalue weighted by Crippen LogP contribution is 2.55. The summed E-state index contributed by atoms with van der Waals surface area (Å²) in [6.45, 7) is 5.62. The van der Waals surface area contributed by atoms with Gasteiger partial charge < -0.3 is 34.6 Å². The van der Waals surface area contributed by atoms with Gasteiger partial charge in [0.2, 0.25) is 0 Å². The maximum Gasteiger partial charge on any atom is 0.309 e. The van der Waals surface area contributed by atoms with Crippen LogP contribution in [0.3, 0.4) is 0 Å². The highest BCUT2D eigenvalue weighted by Gasteiger charge is 2.54. The van der Waals surface area contributed by atoms with Crippen molar-refractivity contribution in [2.24, 2.45) is 17.3 Å². The van der Waals surface area contributed by atoms with Gasteiger partial charge in [-0.05, 0) is 49.2 Å². The summed E-state index contributed by atoms with van der Waals surface area (Å²) in [4.78, 5) is 12.2. The second-order valence-corrected chi connectivity index (χ2v) is 9.37. The highest BCUT2D eigenvalue weighted by atomic mass is 16.7. The normalized spacial score (nSPS) is 50.2. The number of carbonyl (C=O) groups is 1. The van der Waals surface area contributed by atoms with Crippen molar-refractivity contribution >= 4 is 5.97 Å². The van der Waals surface area contributed by atoms with Gasteiger partial charge in [0.1, 0.15) is 30.5 Å². The fraction of sp³-hybridized carbons (Fsp3) is 0.857. The minimum Gasteiger partial charge on any atom is -0.457 e.